The van der Waals surface area contributed by atoms with Crippen LogP contribution in [0.15, 0.2) is 47.6 Å². The van der Waals surface area contributed by atoms with Crippen LogP contribution >= 0.6 is 0 Å². The minimum Gasteiger partial charge on any atom is -0.384 e. The summed E-state index contributed by atoms with van der Waals surface area (Å²) in [6.45, 7) is 1.84. The minimum absolute atomic E-state index is 0.250. The van der Waals surface area contributed by atoms with E-state index in [1.54, 1.807) is 13.3 Å². The summed E-state index contributed by atoms with van der Waals surface area (Å²) in [7, 11) is 1.78. The van der Waals surface area contributed by atoms with Gasteiger partial charge in [-0.2, -0.15) is 0 Å². The lowest BCUT2D eigenvalue weighted by Crippen LogP contribution is -2.47. The molecule has 0 saturated carbocycles. The highest BCUT2D eigenvalue weighted by atomic mass is 16.5. The molecule has 1 fully saturated rings. The summed E-state index contributed by atoms with van der Waals surface area (Å²) < 4.78 is 5.32. The summed E-state index contributed by atoms with van der Waals surface area (Å²) in [5, 5.41) is 2.21. The Labute approximate surface area is 147 Å². The van der Waals surface area contributed by atoms with E-state index in [1.807, 2.05) is 18.2 Å². The first-order valence-corrected chi connectivity index (χ1v) is 8.69. The van der Waals surface area contributed by atoms with Gasteiger partial charge in [0.15, 0.2) is 0 Å². The highest BCUT2D eigenvalue weighted by Gasteiger charge is 2.27. The van der Waals surface area contributed by atoms with Crippen LogP contribution in [0.5, 0.6) is 0 Å². The van der Waals surface area contributed by atoms with Crippen LogP contribution < -0.4 is 10.6 Å². The molecule has 25 heavy (non-hydrogen) atoms. The summed E-state index contributed by atoms with van der Waals surface area (Å²) in [6.07, 6.45) is 6.49. The van der Waals surface area contributed by atoms with Crippen LogP contribution in [0.25, 0.3) is 6.20 Å². The van der Waals surface area contributed by atoms with Crippen molar-refractivity contribution < 1.29 is 4.74 Å². The van der Waals surface area contributed by atoms with Crippen molar-refractivity contribution in [2.45, 2.75) is 19.0 Å². The van der Waals surface area contributed by atoms with Gasteiger partial charge in [0.1, 0.15) is 11.9 Å². The number of rotatable bonds is 2. The molecule has 1 aromatic carbocycles. The van der Waals surface area contributed by atoms with Crippen LogP contribution in [-0.4, -0.2) is 36.3 Å². The zero-order valence-electron chi connectivity index (χ0n) is 14.4. The van der Waals surface area contributed by atoms with Crippen molar-refractivity contribution in [1.29, 1.82) is 0 Å². The first-order valence-electron chi connectivity index (χ1n) is 8.69. The molecule has 2 atom stereocenters. The lowest BCUT2D eigenvalue weighted by molar-refractivity contribution is 0.0919. The van der Waals surface area contributed by atoms with Gasteiger partial charge in [-0.1, -0.05) is 18.1 Å². The van der Waals surface area contributed by atoms with Crippen molar-refractivity contribution in [3.8, 4) is 11.8 Å². The third-order valence-electron chi connectivity index (χ3n) is 4.71. The van der Waals surface area contributed by atoms with Crippen LogP contribution in [0.3, 0.4) is 0 Å². The molecule has 4 nitrogen and oxygen atoms in total. The molecule has 2 aliphatic rings. The van der Waals surface area contributed by atoms with E-state index in [1.165, 1.54) is 6.42 Å². The Kier molecular flexibility index (Phi) is 4.49. The Balaban J connectivity index is 1.60. The molecular formula is C21H21N3O. The Morgan fingerprint density at radius 1 is 1.20 bits per heavy atom. The molecule has 0 amide bonds. The predicted octanol–water partition coefficient (Wildman–Crippen LogP) is 1.54. The van der Waals surface area contributed by atoms with E-state index in [9.17, 15) is 0 Å². The molecule has 0 radical (unpaired) electrons. The summed E-state index contributed by atoms with van der Waals surface area (Å²) >= 11 is 0. The summed E-state index contributed by atoms with van der Waals surface area (Å²) in [6, 6.07) is 12.0. The Morgan fingerprint density at radius 2 is 2.16 bits per heavy atom. The van der Waals surface area contributed by atoms with Crippen molar-refractivity contribution in [2.75, 3.05) is 20.3 Å². The molecule has 3 heterocycles. The number of methoxy groups -OCH3 is 1. The standard InChI is InChI=1S/C21H21N3O/c1-25-15-17-7-10-21-23-20-12-16(5-8-18(20)14-24(21)13-17)6-9-19-4-2-3-11-22-19/h2-5,8,11-12,14,17,21H,7,10,13,15H2,1H3. The highest BCUT2D eigenvalue weighted by molar-refractivity contribution is 5.41. The largest absolute Gasteiger partial charge is 0.384 e. The van der Waals surface area contributed by atoms with Crippen LogP contribution in [0.1, 0.15) is 24.1 Å². The molecule has 2 aliphatic heterocycles. The molecule has 2 unspecified atom stereocenters. The van der Waals surface area contributed by atoms with Crippen molar-refractivity contribution in [3.05, 3.63) is 64.4 Å². The zero-order valence-corrected chi connectivity index (χ0v) is 14.4. The topological polar surface area (TPSA) is 37.7 Å². The normalized spacial score (nSPS) is 21.1. The Hall–Kier alpha value is -2.64. The van der Waals surface area contributed by atoms with E-state index < -0.39 is 0 Å². The molecule has 2 aromatic rings. The number of benzene rings is 1. The second-order valence-electron chi connectivity index (χ2n) is 6.57. The van der Waals surface area contributed by atoms with Crippen LogP contribution in [0.2, 0.25) is 0 Å². The number of hydrogen-bond acceptors (Lipinski definition) is 4. The second-order valence-corrected chi connectivity index (χ2v) is 6.57. The first-order chi connectivity index (χ1) is 12.3. The molecule has 4 heteroatoms. The number of piperidine rings is 1. The zero-order chi connectivity index (χ0) is 17.1. The van der Waals surface area contributed by atoms with E-state index in [0.717, 1.165) is 41.4 Å². The summed E-state index contributed by atoms with van der Waals surface area (Å²) in [5.41, 5.74) is 1.76. The number of hydrogen-bond donors (Lipinski definition) is 0. The molecule has 0 bridgehead atoms. The maximum Gasteiger partial charge on any atom is 0.121 e. The molecule has 0 N–H and O–H groups in total. The van der Waals surface area contributed by atoms with Crippen LogP contribution in [0.4, 0.5) is 0 Å². The van der Waals surface area contributed by atoms with Gasteiger partial charge in [-0.05, 0) is 48.9 Å². The van der Waals surface area contributed by atoms with Crippen molar-refractivity contribution in [1.82, 2.24) is 9.88 Å². The number of ether oxygens (including phenoxy) is 1. The van der Waals surface area contributed by atoms with Gasteiger partial charge in [-0.15, -0.1) is 0 Å². The quantitative estimate of drug-likeness (QED) is 0.784. The van der Waals surface area contributed by atoms with Gasteiger partial charge in [-0.25, -0.2) is 4.98 Å². The van der Waals surface area contributed by atoms with E-state index in [0.29, 0.717) is 5.92 Å². The fourth-order valence-electron chi connectivity index (χ4n) is 3.47. The maximum absolute atomic E-state index is 5.32. The maximum atomic E-state index is 5.32. The minimum atomic E-state index is 0.250. The third-order valence-corrected chi connectivity index (χ3v) is 4.71. The molecule has 1 saturated heterocycles. The number of aromatic nitrogens is 1. The van der Waals surface area contributed by atoms with E-state index >= 15 is 0 Å². The Bertz CT molecular complexity index is 927. The van der Waals surface area contributed by atoms with Crippen LogP contribution in [0, 0.1) is 17.8 Å². The number of pyridine rings is 1. The van der Waals surface area contributed by atoms with Gasteiger partial charge in [0.05, 0.1) is 12.0 Å². The van der Waals surface area contributed by atoms with Gasteiger partial charge in [0, 0.05) is 36.8 Å². The lowest BCUT2D eigenvalue weighted by Gasteiger charge is -2.38. The predicted molar refractivity (Wildman–Crippen MR) is 97.0 cm³/mol. The second kappa shape index (κ2) is 7.08. The van der Waals surface area contributed by atoms with E-state index in [2.05, 4.69) is 46.1 Å². The summed E-state index contributed by atoms with van der Waals surface area (Å²) in [5.74, 6) is 6.89. The molecular weight excluding hydrogens is 310 g/mol. The van der Waals surface area contributed by atoms with Gasteiger partial charge >= 0.3 is 0 Å². The highest BCUT2D eigenvalue weighted by Crippen LogP contribution is 2.23. The van der Waals surface area contributed by atoms with Crippen molar-refractivity contribution in [3.63, 3.8) is 0 Å². The van der Waals surface area contributed by atoms with Gasteiger partial charge < -0.3 is 9.64 Å². The average molecular weight is 331 g/mol. The fourth-order valence-corrected chi connectivity index (χ4v) is 3.47. The monoisotopic (exact) mass is 331 g/mol. The van der Waals surface area contributed by atoms with E-state index in [-0.39, 0.29) is 6.17 Å². The fraction of sp³-hybridized carbons (Fsp3) is 0.333. The Morgan fingerprint density at radius 3 is 3.00 bits per heavy atom. The molecule has 1 aromatic heterocycles. The molecule has 0 aliphatic carbocycles. The first kappa shape index (κ1) is 15.9. The van der Waals surface area contributed by atoms with Gasteiger partial charge in [0.25, 0.3) is 0 Å². The number of nitrogens with zero attached hydrogens (tertiary/aromatic N) is 3. The van der Waals surface area contributed by atoms with E-state index in [4.69, 9.17) is 9.73 Å². The molecule has 0 spiro atoms. The van der Waals surface area contributed by atoms with Gasteiger partial charge in [-0.3, -0.25) is 4.99 Å². The average Bonchev–Trinajstić information content (AvgIpc) is 2.66. The lowest BCUT2D eigenvalue weighted by atomic mass is 9.96. The van der Waals surface area contributed by atoms with Crippen LogP contribution in [-0.2, 0) is 4.74 Å². The van der Waals surface area contributed by atoms with Gasteiger partial charge in [0.2, 0.25) is 0 Å². The van der Waals surface area contributed by atoms with Crippen molar-refractivity contribution in [2.24, 2.45) is 10.9 Å². The summed E-state index contributed by atoms with van der Waals surface area (Å²) in [4.78, 5) is 11.5. The van der Waals surface area contributed by atoms with Crippen molar-refractivity contribution >= 4 is 6.20 Å². The smallest absolute Gasteiger partial charge is 0.121 e. The molecule has 4 rings (SSSR count). The SMILES string of the molecule is COCC1CCC2N=c3cc(C#Cc4ccccn4)ccc3=CN2C1. The third kappa shape index (κ3) is 3.57. The number of fused-ring (bicyclic) bond motifs is 2. The molecule has 126 valence electrons.